The van der Waals surface area contributed by atoms with Crippen LogP contribution in [0.1, 0.15) is 25.1 Å². The predicted octanol–water partition coefficient (Wildman–Crippen LogP) is 4.18. The van der Waals surface area contributed by atoms with E-state index in [2.05, 4.69) is 43.7 Å². The number of aryl methyl sites for hydroxylation is 2. The second-order valence-corrected chi connectivity index (χ2v) is 6.05. The fourth-order valence-corrected chi connectivity index (χ4v) is 3.23. The molecule has 3 nitrogen and oxygen atoms in total. The summed E-state index contributed by atoms with van der Waals surface area (Å²) in [5.41, 5.74) is 3.51. The Balaban J connectivity index is 2.48. The second kappa shape index (κ2) is 6.85. The standard InChI is InChI=1S/C17H21NO2S/c1-5-20-16(19)10-8-13-7-9-15-14(17(13)21-6-2)11-12(3)18(15)4/h7-11H,5-6H2,1-4H3/b10-8+. The summed E-state index contributed by atoms with van der Waals surface area (Å²) in [6.45, 7) is 6.45. The third-order valence-corrected chi connectivity index (χ3v) is 4.45. The van der Waals surface area contributed by atoms with E-state index < -0.39 is 0 Å². The van der Waals surface area contributed by atoms with Gasteiger partial charge < -0.3 is 9.30 Å². The number of carbonyl (C=O) groups excluding carboxylic acids is 1. The van der Waals surface area contributed by atoms with Crippen molar-refractivity contribution in [1.82, 2.24) is 4.57 Å². The molecule has 0 spiro atoms. The topological polar surface area (TPSA) is 31.2 Å². The largest absolute Gasteiger partial charge is 0.463 e. The zero-order valence-electron chi connectivity index (χ0n) is 13.0. The molecule has 21 heavy (non-hydrogen) atoms. The Morgan fingerprint density at radius 3 is 2.81 bits per heavy atom. The molecule has 1 aromatic heterocycles. The summed E-state index contributed by atoms with van der Waals surface area (Å²) in [5, 5.41) is 1.24. The van der Waals surface area contributed by atoms with Gasteiger partial charge in [-0.05, 0) is 43.4 Å². The highest BCUT2D eigenvalue weighted by Gasteiger charge is 2.10. The van der Waals surface area contributed by atoms with Gasteiger partial charge in [-0.1, -0.05) is 13.0 Å². The van der Waals surface area contributed by atoms with Gasteiger partial charge in [-0.2, -0.15) is 0 Å². The molecule has 0 aliphatic heterocycles. The number of rotatable bonds is 5. The molecule has 0 fully saturated rings. The van der Waals surface area contributed by atoms with Gasteiger partial charge >= 0.3 is 5.97 Å². The molecule has 0 unspecified atom stereocenters. The lowest BCUT2D eigenvalue weighted by molar-refractivity contribution is -0.137. The molecule has 1 aromatic carbocycles. The summed E-state index contributed by atoms with van der Waals surface area (Å²) in [6, 6.07) is 6.37. The maximum Gasteiger partial charge on any atom is 0.330 e. The van der Waals surface area contributed by atoms with Crippen LogP contribution >= 0.6 is 11.8 Å². The van der Waals surface area contributed by atoms with Crippen LogP contribution in [0.2, 0.25) is 0 Å². The lowest BCUT2D eigenvalue weighted by atomic mass is 10.1. The molecule has 0 saturated carbocycles. The van der Waals surface area contributed by atoms with Gasteiger partial charge in [-0.25, -0.2) is 4.79 Å². The molecular formula is C17H21NO2S. The monoisotopic (exact) mass is 303 g/mol. The average molecular weight is 303 g/mol. The zero-order chi connectivity index (χ0) is 15.4. The Labute approximate surface area is 130 Å². The predicted molar refractivity (Wildman–Crippen MR) is 89.7 cm³/mol. The van der Waals surface area contributed by atoms with Crippen LogP contribution < -0.4 is 0 Å². The third-order valence-electron chi connectivity index (χ3n) is 3.42. The Kier molecular flexibility index (Phi) is 5.12. The average Bonchev–Trinajstić information content (AvgIpc) is 2.75. The van der Waals surface area contributed by atoms with Crippen molar-refractivity contribution in [1.29, 1.82) is 0 Å². The summed E-state index contributed by atoms with van der Waals surface area (Å²) in [4.78, 5) is 12.7. The van der Waals surface area contributed by atoms with E-state index in [0.717, 1.165) is 11.3 Å². The number of hydrogen-bond acceptors (Lipinski definition) is 3. The minimum absolute atomic E-state index is 0.297. The maximum absolute atomic E-state index is 11.5. The second-order valence-electron chi connectivity index (χ2n) is 4.78. The van der Waals surface area contributed by atoms with Crippen molar-refractivity contribution in [2.45, 2.75) is 25.7 Å². The highest BCUT2D eigenvalue weighted by molar-refractivity contribution is 7.99. The lowest BCUT2D eigenvalue weighted by Gasteiger charge is -2.07. The summed E-state index contributed by atoms with van der Waals surface area (Å²) < 4.78 is 7.13. The molecule has 0 aliphatic carbocycles. The van der Waals surface area contributed by atoms with Crippen LogP contribution in [0.15, 0.2) is 29.2 Å². The van der Waals surface area contributed by atoms with Gasteiger partial charge in [0.15, 0.2) is 0 Å². The summed E-state index contributed by atoms with van der Waals surface area (Å²) in [7, 11) is 2.08. The quantitative estimate of drug-likeness (QED) is 0.472. The highest BCUT2D eigenvalue weighted by atomic mass is 32.2. The van der Waals surface area contributed by atoms with E-state index in [0.29, 0.717) is 6.61 Å². The Morgan fingerprint density at radius 2 is 2.14 bits per heavy atom. The van der Waals surface area contributed by atoms with Gasteiger partial charge in [0.2, 0.25) is 0 Å². The molecule has 0 amide bonds. The third kappa shape index (κ3) is 3.32. The number of ether oxygens (including phenoxy) is 1. The molecule has 2 aromatic rings. The normalized spacial score (nSPS) is 11.4. The van der Waals surface area contributed by atoms with Gasteiger partial charge in [-0.3, -0.25) is 0 Å². The number of thioether (sulfide) groups is 1. The Bertz CT molecular complexity index is 686. The number of carbonyl (C=O) groups is 1. The van der Waals surface area contributed by atoms with Crippen molar-refractivity contribution in [3.05, 3.63) is 35.5 Å². The Morgan fingerprint density at radius 1 is 1.38 bits per heavy atom. The van der Waals surface area contributed by atoms with Crippen molar-refractivity contribution in [2.24, 2.45) is 7.05 Å². The van der Waals surface area contributed by atoms with Gasteiger partial charge in [-0.15, -0.1) is 11.8 Å². The van der Waals surface area contributed by atoms with Crippen LogP contribution in [0.25, 0.3) is 17.0 Å². The SMILES string of the molecule is CCOC(=O)/C=C/c1ccc2c(cc(C)n2C)c1SCC. The van der Waals surface area contributed by atoms with E-state index in [1.165, 1.54) is 27.6 Å². The summed E-state index contributed by atoms with van der Waals surface area (Å²) in [6.07, 6.45) is 3.35. The molecule has 112 valence electrons. The maximum atomic E-state index is 11.5. The zero-order valence-corrected chi connectivity index (χ0v) is 13.8. The first-order valence-corrected chi connectivity index (χ1v) is 8.13. The molecule has 0 saturated heterocycles. The van der Waals surface area contributed by atoms with E-state index in [1.807, 2.05) is 13.0 Å². The number of nitrogens with zero attached hydrogens (tertiary/aromatic N) is 1. The van der Waals surface area contributed by atoms with E-state index in [1.54, 1.807) is 11.8 Å². The van der Waals surface area contributed by atoms with E-state index in [4.69, 9.17) is 4.74 Å². The van der Waals surface area contributed by atoms with Crippen LogP contribution in [0, 0.1) is 6.92 Å². The van der Waals surface area contributed by atoms with E-state index in [-0.39, 0.29) is 5.97 Å². The smallest absolute Gasteiger partial charge is 0.330 e. The number of fused-ring (bicyclic) bond motifs is 1. The Hall–Kier alpha value is -1.68. The number of esters is 1. The van der Waals surface area contributed by atoms with Crippen molar-refractivity contribution in [3.8, 4) is 0 Å². The van der Waals surface area contributed by atoms with Crippen molar-refractivity contribution in [2.75, 3.05) is 12.4 Å². The van der Waals surface area contributed by atoms with Crippen LogP contribution in [-0.4, -0.2) is 22.9 Å². The fourth-order valence-electron chi connectivity index (χ4n) is 2.32. The minimum atomic E-state index is -0.297. The molecule has 0 aliphatic rings. The molecule has 0 N–H and O–H groups in total. The lowest BCUT2D eigenvalue weighted by Crippen LogP contribution is -1.98. The fraction of sp³-hybridized carbons (Fsp3) is 0.353. The first-order valence-electron chi connectivity index (χ1n) is 7.15. The van der Waals surface area contributed by atoms with Crippen LogP contribution in [0.3, 0.4) is 0 Å². The molecule has 0 radical (unpaired) electrons. The molecule has 4 heteroatoms. The molecular weight excluding hydrogens is 282 g/mol. The summed E-state index contributed by atoms with van der Waals surface area (Å²) in [5.74, 6) is 0.696. The molecule has 0 bridgehead atoms. The number of hydrogen-bond donors (Lipinski definition) is 0. The number of aromatic nitrogens is 1. The van der Waals surface area contributed by atoms with Crippen molar-refractivity contribution >= 4 is 34.7 Å². The van der Waals surface area contributed by atoms with Gasteiger partial charge in [0.1, 0.15) is 0 Å². The van der Waals surface area contributed by atoms with Crippen LogP contribution in [0.4, 0.5) is 0 Å². The molecule has 1 heterocycles. The molecule has 2 rings (SSSR count). The van der Waals surface area contributed by atoms with E-state index >= 15 is 0 Å². The molecule has 0 atom stereocenters. The summed E-state index contributed by atoms with van der Waals surface area (Å²) >= 11 is 1.80. The van der Waals surface area contributed by atoms with Crippen molar-refractivity contribution < 1.29 is 9.53 Å². The van der Waals surface area contributed by atoms with Gasteiger partial charge in [0, 0.05) is 34.6 Å². The van der Waals surface area contributed by atoms with Crippen molar-refractivity contribution in [3.63, 3.8) is 0 Å². The van der Waals surface area contributed by atoms with E-state index in [9.17, 15) is 4.79 Å². The minimum Gasteiger partial charge on any atom is -0.463 e. The van der Waals surface area contributed by atoms with Crippen LogP contribution in [-0.2, 0) is 16.6 Å². The highest BCUT2D eigenvalue weighted by Crippen LogP contribution is 2.33. The first kappa shape index (κ1) is 15.7. The van der Waals surface area contributed by atoms with Gasteiger partial charge in [0.25, 0.3) is 0 Å². The first-order chi connectivity index (χ1) is 10.1. The van der Waals surface area contributed by atoms with Crippen LogP contribution in [0.5, 0.6) is 0 Å². The van der Waals surface area contributed by atoms with Gasteiger partial charge in [0.05, 0.1) is 6.61 Å². The number of benzene rings is 1.